The minimum Gasteiger partial charge on any atom is -0.313 e. The number of anilines is 1. The lowest BCUT2D eigenvalue weighted by atomic mass is 10.3. The quantitative estimate of drug-likeness (QED) is 0.509. The van der Waals surface area contributed by atoms with Gasteiger partial charge in [-0.25, -0.2) is 14.6 Å². The number of halogens is 2. The maximum absolute atomic E-state index is 12.9. The molecule has 4 nitrogen and oxygen atoms in total. The van der Waals surface area contributed by atoms with Crippen LogP contribution in [0.4, 0.5) is 13.8 Å². The molecule has 0 aliphatic rings. The number of nitrogen functional groups attached to an aromatic ring is 1. The highest BCUT2D eigenvalue weighted by Crippen LogP contribution is 2.27. The molecule has 0 spiro atoms. The summed E-state index contributed by atoms with van der Waals surface area (Å²) in [5.41, 5.74) is 3.17. The lowest BCUT2D eigenvalue weighted by Crippen LogP contribution is -2.06. The van der Waals surface area contributed by atoms with Gasteiger partial charge in [-0.2, -0.15) is 0 Å². The van der Waals surface area contributed by atoms with E-state index in [0.29, 0.717) is 21.3 Å². The highest BCUT2D eigenvalue weighted by molar-refractivity contribution is 7.98. The van der Waals surface area contributed by atoms with Crippen molar-refractivity contribution >= 4 is 28.3 Å². The molecule has 2 aromatic rings. The van der Waals surface area contributed by atoms with Crippen LogP contribution in [-0.4, -0.2) is 9.59 Å². The number of nitrogens with one attached hydrogen (secondary N) is 1. The molecular formula is C9H8F2N4S2. The van der Waals surface area contributed by atoms with Crippen molar-refractivity contribution in [3.8, 4) is 0 Å². The fraction of sp³-hybridized carbons (Fsp3) is 0.111. The van der Waals surface area contributed by atoms with Crippen LogP contribution in [0.15, 0.2) is 23.1 Å². The molecule has 0 radical (unpaired) electrons. The van der Waals surface area contributed by atoms with Crippen LogP contribution in [0, 0.1) is 11.6 Å². The van der Waals surface area contributed by atoms with Crippen molar-refractivity contribution in [1.82, 2.24) is 9.59 Å². The predicted molar refractivity (Wildman–Crippen MR) is 63.6 cm³/mol. The first-order chi connectivity index (χ1) is 8.20. The van der Waals surface area contributed by atoms with Crippen molar-refractivity contribution in [3.63, 3.8) is 0 Å². The second-order valence-corrected chi connectivity index (χ2v) is 4.86. The van der Waals surface area contributed by atoms with E-state index in [9.17, 15) is 8.78 Å². The van der Waals surface area contributed by atoms with Gasteiger partial charge in [-0.15, -0.1) is 16.9 Å². The van der Waals surface area contributed by atoms with Gasteiger partial charge < -0.3 is 5.43 Å². The lowest BCUT2D eigenvalue weighted by Gasteiger charge is -2.01. The van der Waals surface area contributed by atoms with E-state index < -0.39 is 11.6 Å². The number of rotatable bonds is 4. The van der Waals surface area contributed by atoms with Gasteiger partial charge in [0.25, 0.3) is 0 Å². The lowest BCUT2D eigenvalue weighted by molar-refractivity contribution is 0.506. The average Bonchev–Trinajstić information content (AvgIpc) is 2.78. The molecule has 0 saturated heterocycles. The molecule has 0 unspecified atom stereocenters. The van der Waals surface area contributed by atoms with E-state index >= 15 is 0 Å². The van der Waals surface area contributed by atoms with Gasteiger partial charge in [0, 0.05) is 22.2 Å². The molecule has 8 heteroatoms. The van der Waals surface area contributed by atoms with E-state index in [1.165, 1.54) is 17.8 Å². The maximum atomic E-state index is 12.9. The average molecular weight is 274 g/mol. The molecule has 3 N–H and O–H groups in total. The zero-order valence-corrected chi connectivity index (χ0v) is 10.1. The molecule has 1 aromatic heterocycles. The molecule has 0 fully saturated rings. The third kappa shape index (κ3) is 2.90. The smallest absolute Gasteiger partial charge is 0.159 e. The first kappa shape index (κ1) is 12.2. The topological polar surface area (TPSA) is 63.8 Å². The Morgan fingerprint density at radius 2 is 2.18 bits per heavy atom. The van der Waals surface area contributed by atoms with Crippen molar-refractivity contribution in [2.24, 2.45) is 5.84 Å². The predicted octanol–water partition coefficient (Wildman–Crippen LogP) is 2.39. The standard InChI is InChI=1S/C9H8F2N4S2/c10-6-2-1-5(3-7(6)11)16-4-8-9(13-12)17-15-14-8/h1-3,13H,4,12H2. The summed E-state index contributed by atoms with van der Waals surface area (Å²) < 4.78 is 29.4. The summed E-state index contributed by atoms with van der Waals surface area (Å²) in [7, 11) is 0. The van der Waals surface area contributed by atoms with Crippen molar-refractivity contribution in [2.75, 3.05) is 5.43 Å². The van der Waals surface area contributed by atoms with E-state index in [1.54, 1.807) is 0 Å². The first-order valence-electron chi connectivity index (χ1n) is 4.56. The van der Waals surface area contributed by atoms with Gasteiger partial charge in [-0.05, 0) is 18.2 Å². The number of nitrogens with two attached hydrogens (primary N) is 1. The summed E-state index contributed by atoms with van der Waals surface area (Å²) in [5, 5.41) is 4.55. The Balaban J connectivity index is 2.05. The van der Waals surface area contributed by atoms with Crippen LogP contribution in [0.5, 0.6) is 0 Å². The van der Waals surface area contributed by atoms with Crippen LogP contribution in [0.3, 0.4) is 0 Å². The van der Waals surface area contributed by atoms with Gasteiger partial charge in [0.2, 0.25) is 0 Å². The molecule has 0 amide bonds. The van der Waals surface area contributed by atoms with Crippen LogP contribution < -0.4 is 11.3 Å². The highest BCUT2D eigenvalue weighted by Gasteiger charge is 2.08. The van der Waals surface area contributed by atoms with Crippen LogP contribution in [0.1, 0.15) is 5.69 Å². The first-order valence-corrected chi connectivity index (χ1v) is 6.32. The number of nitrogens with zero attached hydrogens (tertiary/aromatic N) is 2. The van der Waals surface area contributed by atoms with Gasteiger partial charge in [0.1, 0.15) is 10.7 Å². The van der Waals surface area contributed by atoms with Gasteiger partial charge in [0.05, 0.1) is 0 Å². The Hall–Kier alpha value is -1.25. The number of benzene rings is 1. The minimum absolute atomic E-state index is 0.487. The second-order valence-electron chi connectivity index (χ2n) is 3.06. The molecule has 17 heavy (non-hydrogen) atoms. The number of hydrazine groups is 1. The Bertz CT molecular complexity index is 517. The molecule has 0 aliphatic carbocycles. The number of aromatic nitrogens is 2. The molecule has 1 heterocycles. The highest BCUT2D eigenvalue weighted by atomic mass is 32.2. The normalized spacial score (nSPS) is 10.5. The van der Waals surface area contributed by atoms with E-state index in [0.717, 1.165) is 23.7 Å². The summed E-state index contributed by atoms with van der Waals surface area (Å²) in [6.07, 6.45) is 0. The van der Waals surface area contributed by atoms with Crippen LogP contribution >= 0.6 is 23.3 Å². The largest absolute Gasteiger partial charge is 0.313 e. The summed E-state index contributed by atoms with van der Waals surface area (Å²) in [6.45, 7) is 0. The molecule has 0 atom stereocenters. The van der Waals surface area contributed by atoms with Gasteiger partial charge in [-0.3, -0.25) is 0 Å². The molecule has 0 aliphatic heterocycles. The Morgan fingerprint density at radius 1 is 1.35 bits per heavy atom. The fourth-order valence-electron chi connectivity index (χ4n) is 1.13. The summed E-state index contributed by atoms with van der Waals surface area (Å²) in [6, 6.07) is 3.76. The SMILES string of the molecule is NNc1snnc1CSc1ccc(F)c(F)c1. The Kier molecular flexibility index (Phi) is 3.87. The zero-order chi connectivity index (χ0) is 12.3. The monoisotopic (exact) mass is 274 g/mol. The molecule has 0 bridgehead atoms. The molecular weight excluding hydrogens is 266 g/mol. The van der Waals surface area contributed by atoms with E-state index in [2.05, 4.69) is 15.0 Å². The van der Waals surface area contributed by atoms with Crippen molar-refractivity contribution < 1.29 is 8.78 Å². The molecule has 0 saturated carbocycles. The molecule has 90 valence electrons. The van der Waals surface area contributed by atoms with Crippen molar-refractivity contribution in [2.45, 2.75) is 10.6 Å². The summed E-state index contributed by atoms with van der Waals surface area (Å²) in [4.78, 5) is 0.625. The zero-order valence-electron chi connectivity index (χ0n) is 8.48. The Morgan fingerprint density at radius 3 is 2.88 bits per heavy atom. The molecule has 2 rings (SSSR count). The van der Waals surface area contributed by atoms with E-state index in [4.69, 9.17) is 5.84 Å². The number of hydrogen-bond donors (Lipinski definition) is 2. The van der Waals surface area contributed by atoms with Crippen LogP contribution in [0.2, 0.25) is 0 Å². The van der Waals surface area contributed by atoms with Gasteiger partial charge >= 0.3 is 0 Å². The second kappa shape index (κ2) is 5.39. The third-order valence-electron chi connectivity index (χ3n) is 1.95. The summed E-state index contributed by atoms with van der Waals surface area (Å²) in [5.74, 6) is 4.05. The van der Waals surface area contributed by atoms with Crippen molar-refractivity contribution in [1.29, 1.82) is 0 Å². The van der Waals surface area contributed by atoms with Gasteiger partial charge in [0.15, 0.2) is 11.6 Å². The number of hydrogen-bond acceptors (Lipinski definition) is 6. The van der Waals surface area contributed by atoms with Crippen molar-refractivity contribution in [3.05, 3.63) is 35.5 Å². The number of thioether (sulfide) groups is 1. The molecule has 1 aromatic carbocycles. The fourth-order valence-corrected chi connectivity index (χ4v) is 2.57. The maximum Gasteiger partial charge on any atom is 0.159 e. The third-order valence-corrected chi connectivity index (χ3v) is 3.66. The van der Waals surface area contributed by atoms with Crippen LogP contribution in [0.25, 0.3) is 0 Å². The minimum atomic E-state index is -0.858. The Labute approximate surface area is 104 Å². The van der Waals surface area contributed by atoms with Gasteiger partial charge in [-0.1, -0.05) is 4.49 Å². The summed E-state index contributed by atoms with van der Waals surface area (Å²) >= 11 is 2.48. The van der Waals surface area contributed by atoms with Crippen LogP contribution in [-0.2, 0) is 5.75 Å². The van der Waals surface area contributed by atoms with E-state index in [-0.39, 0.29) is 0 Å². The van der Waals surface area contributed by atoms with E-state index in [1.807, 2.05) is 0 Å².